The van der Waals surface area contributed by atoms with Gasteiger partial charge in [-0.05, 0) is 25.8 Å². The lowest BCUT2D eigenvalue weighted by Crippen LogP contribution is -2.24. The van der Waals surface area contributed by atoms with E-state index in [1.54, 1.807) is 7.11 Å². The van der Waals surface area contributed by atoms with Crippen LogP contribution in [0.15, 0.2) is 0 Å². The lowest BCUT2D eigenvalue weighted by atomic mass is 10.2. The third kappa shape index (κ3) is 11.8. The highest BCUT2D eigenvalue weighted by atomic mass is 16.5. The molecule has 0 aliphatic heterocycles. The third-order valence-corrected chi connectivity index (χ3v) is 2.19. The molecule has 0 amide bonds. The Bertz CT molecular complexity index is 122. The molecule has 0 aromatic rings. The van der Waals surface area contributed by atoms with Gasteiger partial charge in [0.2, 0.25) is 0 Å². The average Bonchev–Trinajstić information content (AvgIpc) is 2.26. The molecule has 0 spiro atoms. The van der Waals surface area contributed by atoms with Crippen molar-refractivity contribution in [1.82, 2.24) is 5.32 Å². The molecule has 1 atom stereocenters. The van der Waals surface area contributed by atoms with Gasteiger partial charge in [-0.2, -0.15) is 0 Å². The SMILES string of the molecule is CCC(O)CCNCCOCCCOC. The number of rotatable bonds is 11. The first kappa shape index (κ1) is 14.8. The summed E-state index contributed by atoms with van der Waals surface area (Å²) < 4.78 is 10.3. The molecule has 0 aliphatic carbocycles. The molecule has 0 fully saturated rings. The minimum Gasteiger partial charge on any atom is -0.393 e. The fourth-order valence-electron chi connectivity index (χ4n) is 1.15. The van der Waals surface area contributed by atoms with Gasteiger partial charge in [-0.25, -0.2) is 0 Å². The topological polar surface area (TPSA) is 50.7 Å². The lowest BCUT2D eigenvalue weighted by molar-refractivity contribution is 0.103. The first-order valence-electron chi connectivity index (χ1n) is 5.76. The van der Waals surface area contributed by atoms with Crippen molar-refractivity contribution in [3.05, 3.63) is 0 Å². The summed E-state index contributed by atoms with van der Waals surface area (Å²) in [4.78, 5) is 0. The van der Waals surface area contributed by atoms with E-state index in [4.69, 9.17) is 9.47 Å². The average molecular weight is 219 g/mol. The molecule has 2 N–H and O–H groups in total. The van der Waals surface area contributed by atoms with E-state index in [1.807, 2.05) is 6.92 Å². The number of ether oxygens (including phenoxy) is 2. The van der Waals surface area contributed by atoms with Gasteiger partial charge in [-0.15, -0.1) is 0 Å². The Morgan fingerprint density at radius 1 is 1.20 bits per heavy atom. The van der Waals surface area contributed by atoms with Gasteiger partial charge in [0.05, 0.1) is 12.7 Å². The zero-order chi connectivity index (χ0) is 11.4. The molecular weight excluding hydrogens is 194 g/mol. The smallest absolute Gasteiger partial charge is 0.0590 e. The minimum atomic E-state index is -0.167. The molecule has 1 unspecified atom stereocenters. The highest BCUT2D eigenvalue weighted by Crippen LogP contribution is 1.93. The maximum Gasteiger partial charge on any atom is 0.0590 e. The number of nitrogens with one attached hydrogen (secondary N) is 1. The van der Waals surface area contributed by atoms with Crippen molar-refractivity contribution in [2.75, 3.05) is 40.0 Å². The van der Waals surface area contributed by atoms with Crippen molar-refractivity contribution in [1.29, 1.82) is 0 Å². The molecule has 0 heterocycles. The van der Waals surface area contributed by atoms with Crippen LogP contribution in [0.1, 0.15) is 26.2 Å². The molecule has 0 saturated carbocycles. The number of hydrogen-bond donors (Lipinski definition) is 2. The molecule has 15 heavy (non-hydrogen) atoms. The van der Waals surface area contributed by atoms with Crippen molar-refractivity contribution >= 4 is 0 Å². The zero-order valence-electron chi connectivity index (χ0n) is 10.00. The molecule has 4 nitrogen and oxygen atoms in total. The molecule has 4 heteroatoms. The van der Waals surface area contributed by atoms with Crippen LogP contribution in [0, 0.1) is 0 Å². The second-order valence-electron chi connectivity index (χ2n) is 3.56. The van der Waals surface area contributed by atoms with Crippen LogP contribution in [0.2, 0.25) is 0 Å². The van der Waals surface area contributed by atoms with Crippen molar-refractivity contribution in [2.24, 2.45) is 0 Å². The van der Waals surface area contributed by atoms with Gasteiger partial charge in [-0.3, -0.25) is 0 Å². The van der Waals surface area contributed by atoms with E-state index in [9.17, 15) is 5.11 Å². The zero-order valence-corrected chi connectivity index (χ0v) is 10.00. The molecule has 0 radical (unpaired) electrons. The Hall–Kier alpha value is -0.160. The summed E-state index contributed by atoms with van der Waals surface area (Å²) in [5.41, 5.74) is 0. The van der Waals surface area contributed by atoms with Crippen molar-refractivity contribution in [2.45, 2.75) is 32.3 Å². The van der Waals surface area contributed by atoms with Crippen LogP contribution in [-0.2, 0) is 9.47 Å². The summed E-state index contributed by atoms with van der Waals surface area (Å²) in [6, 6.07) is 0. The summed E-state index contributed by atoms with van der Waals surface area (Å²) in [6.45, 7) is 5.94. The lowest BCUT2D eigenvalue weighted by Gasteiger charge is -2.08. The van der Waals surface area contributed by atoms with Crippen LogP contribution >= 0.6 is 0 Å². The fraction of sp³-hybridized carbons (Fsp3) is 1.00. The summed E-state index contributed by atoms with van der Waals surface area (Å²) in [6.07, 6.45) is 2.43. The molecule has 0 bridgehead atoms. The Morgan fingerprint density at radius 2 is 2.00 bits per heavy atom. The summed E-state index contributed by atoms with van der Waals surface area (Å²) >= 11 is 0. The molecular formula is C11H25NO3. The van der Waals surface area contributed by atoms with E-state index in [1.165, 1.54) is 0 Å². The summed E-state index contributed by atoms with van der Waals surface area (Å²) in [5, 5.41) is 12.5. The number of methoxy groups -OCH3 is 1. The van der Waals surface area contributed by atoms with E-state index in [0.29, 0.717) is 0 Å². The Morgan fingerprint density at radius 3 is 2.67 bits per heavy atom. The van der Waals surface area contributed by atoms with E-state index in [0.717, 1.165) is 52.2 Å². The quantitative estimate of drug-likeness (QED) is 0.504. The van der Waals surface area contributed by atoms with Gasteiger partial charge < -0.3 is 19.9 Å². The highest BCUT2D eigenvalue weighted by Gasteiger charge is 1.98. The van der Waals surface area contributed by atoms with Crippen LogP contribution in [0.4, 0.5) is 0 Å². The number of aliphatic hydroxyl groups excluding tert-OH is 1. The van der Waals surface area contributed by atoms with Crippen molar-refractivity contribution < 1.29 is 14.6 Å². The Kier molecular flexibility index (Phi) is 11.8. The van der Waals surface area contributed by atoms with E-state index < -0.39 is 0 Å². The Labute approximate surface area is 93.0 Å². The fourth-order valence-corrected chi connectivity index (χ4v) is 1.15. The van der Waals surface area contributed by atoms with Gasteiger partial charge in [0.25, 0.3) is 0 Å². The largest absolute Gasteiger partial charge is 0.393 e. The van der Waals surface area contributed by atoms with Crippen molar-refractivity contribution in [3.8, 4) is 0 Å². The second-order valence-corrected chi connectivity index (χ2v) is 3.56. The molecule has 92 valence electrons. The summed E-state index contributed by atoms with van der Waals surface area (Å²) in [7, 11) is 1.70. The van der Waals surface area contributed by atoms with E-state index in [-0.39, 0.29) is 6.10 Å². The van der Waals surface area contributed by atoms with Crippen LogP contribution < -0.4 is 5.32 Å². The van der Waals surface area contributed by atoms with Gasteiger partial charge >= 0.3 is 0 Å². The van der Waals surface area contributed by atoms with Crippen LogP contribution in [0.5, 0.6) is 0 Å². The van der Waals surface area contributed by atoms with Crippen LogP contribution in [-0.4, -0.2) is 51.2 Å². The normalized spacial score (nSPS) is 13.0. The van der Waals surface area contributed by atoms with E-state index in [2.05, 4.69) is 5.32 Å². The highest BCUT2D eigenvalue weighted by molar-refractivity contribution is 4.55. The monoisotopic (exact) mass is 219 g/mol. The van der Waals surface area contributed by atoms with Crippen LogP contribution in [0.25, 0.3) is 0 Å². The molecule has 0 aromatic carbocycles. The third-order valence-electron chi connectivity index (χ3n) is 2.19. The maximum absolute atomic E-state index is 9.27. The minimum absolute atomic E-state index is 0.167. The van der Waals surface area contributed by atoms with Crippen LogP contribution in [0.3, 0.4) is 0 Å². The molecule has 0 saturated heterocycles. The molecule has 0 aliphatic rings. The maximum atomic E-state index is 9.27. The van der Waals surface area contributed by atoms with Gasteiger partial charge in [0, 0.05) is 26.9 Å². The number of aliphatic hydroxyl groups is 1. The summed E-state index contributed by atoms with van der Waals surface area (Å²) in [5.74, 6) is 0. The first-order valence-corrected chi connectivity index (χ1v) is 5.76. The predicted molar refractivity (Wildman–Crippen MR) is 61.1 cm³/mol. The predicted octanol–water partition coefficient (Wildman–Crippen LogP) is 0.790. The van der Waals surface area contributed by atoms with E-state index >= 15 is 0 Å². The Balaban J connectivity index is 2.92. The van der Waals surface area contributed by atoms with Gasteiger partial charge in [0.1, 0.15) is 0 Å². The standard InChI is InChI=1S/C11H25NO3/c1-3-11(13)5-6-12-7-10-15-9-4-8-14-2/h11-13H,3-10H2,1-2H3. The molecule has 0 rings (SSSR count). The van der Waals surface area contributed by atoms with Crippen molar-refractivity contribution in [3.63, 3.8) is 0 Å². The van der Waals surface area contributed by atoms with Gasteiger partial charge in [-0.1, -0.05) is 6.92 Å². The van der Waals surface area contributed by atoms with Gasteiger partial charge in [0.15, 0.2) is 0 Å². The molecule has 0 aromatic heterocycles. The second kappa shape index (κ2) is 11.9. The number of hydrogen-bond acceptors (Lipinski definition) is 4. The first-order chi connectivity index (χ1) is 7.31.